The molecule has 2 aromatic rings. The van der Waals surface area contributed by atoms with E-state index < -0.39 is 5.91 Å². The van der Waals surface area contributed by atoms with Crippen LogP contribution in [-0.4, -0.2) is 36.7 Å². The van der Waals surface area contributed by atoms with Gasteiger partial charge in [-0.3, -0.25) is 4.79 Å². The minimum atomic E-state index is -0.402. The van der Waals surface area contributed by atoms with Gasteiger partial charge in [0.1, 0.15) is 17.2 Å². The smallest absolute Gasteiger partial charge is 0.246 e. The van der Waals surface area contributed by atoms with Crippen LogP contribution in [0.4, 0.5) is 5.82 Å². The van der Waals surface area contributed by atoms with E-state index in [1.165, 1.54) is 13.3 Å². The number of amides is 1. The fourth-order valence-corrected chi connectivity index (χ4v) is 1.64. The zero-order chi connectivity index (χ0) is 15.9. The normalized spacial score (nSPS) is 10.6. The molecule has 9 nitrogen and oxygen atoms in total. The highest BCUT2D eigenvalue weighted by Gasteiger charge is 2.11. The van der Waals surface area contributed by atoms with Crippen molar-refractivity contribution in [2.45, 2.75) is 6.42 Å². The van der Waals surface area contributed by atoms with Gasteiger partial charge in [0.2, 0.25) is 5.91 Å². The van der Waals surface area contributed by atoms with Crippen LogP contribution >= 0.6 is 0 Å². The number of hydrazone groups is 1. The van der Waals surface area contributed by atoms with E-state index in [4.69, 9.17) is 15.2 Å². The summed E-state index contributed by atoms with van der Waals surface area (Å²) in [6.45, 7) is 0. The van der Waals surface area contributed by atoms with Gasteiger partial charge in [-0.15, -0.1) is 0 Å². The van der Waals surface area contributed by atoms with Crippen molar-refractivity contribution in [1.82, 2.24) is 15.7 Å². The molecule has 0 bridgehead atoms. The summed E-state index contributed by atoms with van der Waals surface area (Å²) in [4.78, 5) is 11.7. The molecule has 3 N–H and O–H groups in total. The number of benzene rings is 1. The van der Waals surface area contributed by atoms with Gasteiger partial charge in [0.25, 0.3) is 0 Å². The number of nitrogens with zero attached hydrogens (tertiary/aromatic N) is 3. The van der Waals surface area contributed by atoms with Crippen LogP contribution in [-0.2, 0) is 11.2 Å². The van der Waals surface area contributed by atoms with Gasteiger partial charge >= 0.3 is 0 Å². The molecule has 0 radical (unpaired) electrons. The summed E-state index contributed by atoms with van der Waals surface area (Å²) >= 11 is 0. The van der Waals surface area contributed by atoms with Gasteiger partial charge in [0.05, 0.1) is 26.9 Å². The Morgan fingerprint density at radius 2 is 2.23 bits per heavy atom. The first-order valence-corrected chi connectivity index (χ1v) is 6.25. The van der Waals surface area contributed by atoms with E-state index in [1.54, 1.807) is 25.3 Å². The Balaban J connectivity index is 2.00. The third-order valence-electron chi connectivity index (χ3n) is 2.74. The molecule has 0 saturated heterocycles. The van der Waals surface area contributed by atoms with Crippen LogP contribution in [0, 0.1) is 0 Å². The molecule has 0 aliphatic rings. The summed E-state index contributed by atoms with van der Waals surface area (Å²) in [6, 6.07) is 5.23. The maximum absolute atomic E-state index is 11.7. The van der Waals surface area contributed by atoms with Gasteiger partial charge < -0.3 is 15.2 Å². The topological polar surface area (TPSA) is 125 Å². The zero-order valence-corrected chi connectivity index (χ0v) is 12.1. The number of nitrogens with two attached hydrogens (primary N) is 1. The molecular weight excluding hydrogens is 290 g/mol. The lowest BCUT2D eigenvalue weighted by Crippen LogP contribution is -2.20. The minimum absolute atomic E-state index is 0.0774. The highest BCUT2D eigenvalue weighted by molar-refractivity contribution is 5.86. The number of ether oxygens (including phenoxy) is 2. The molecule has 0 spiro atoms. The maximum Gasteiger partial charge on any atom is 0.246 e. The van der Waals surface area contributed by atoms with Crippen LogP contribution in [0.2, 0.25) is 0 Å². The summed E-state index contributed by atoms with van der Waals surface area (Å²) in [5.74, 6) is 0.924. The van der Waals surface area contributed by atoms with Crippen LogP contribution in [0.5, 0.6) is 11.5 Å². The van der Waals surface area contributed by atoms with Crippen molar-refractivity contribution < 1.29 is 18.9 Å². The predicted octanol–water partition coefficient (Wildman–Crippen LogP) is 0.362. The standard InChI is InChI=1S/C13H15N5O4/c1-20-9-3-4-11(21-2)8(5-9)7-15-16-12(19)6-10-13(14)18-22-17-10/h3-5,7H,6H2,1-2H3,(H2,14,18)(H,16,19). The fourth-order valence-electron chi connectivity index (χ4n) is 1.64. The number of nitrogen functional groups attached to an aromatic ring is 1. The Hall–Kier alpha value is -3.10. The minimum Gasteiger partial charge on any atom is -0.497 e. The number of hydrogen-bond acceptors (Lipinski definition) is 8. The molecule has 0 saturated carbocycles. The largest absolute Gasteiger partial charge is 0.497 e. The number of rotatable bonds is 6. The van der Waals surface area contributed by atoms with Crippen molar-refractivity contribution in [2.24, 2.45) is 5.10 Å². The lowest BCUT2D eigenvalue weighted by atomic mass is 10.2. The summed E-state index contributed by atoms with van der Waals surface area (Å²) in [5.41, 5.74) is 8.73. The van der Waals surface area contributed by atoms with Crippen molar-refractivity contribution in [3.05, 3.63) is 29.5 Å². The number of aromatic nitrogens is 2. The molecule has 1 aromatic carbocycles. The molecule has 0 aliphatic carbocycles. The van der Waals surface area contributed by atoms with Crippen LogP contribution in [0.1, 0.15) is 11.3 Å². The number of carbonyl (C=O) groups is 1. The highest BCUT2D eigenvalue weighted by atomic mass is 16.6. The Labute approximate surface area is 126 Å². The van der Waals surface area contributed by atoms with Crippen molar-refractivity contribution in [3.8, 4) is 11.5 Å². The molecule has 0 unspecified atom stereocenters. The number of carbonyl (C=O) groups excluding carboxylic acids is 1. The van der Waals surface area contributed by atoms with Gasteiger partial charge in [-0.2, -0.15) is 5.10 Å². The Morgan fingerprint density at radius 1 is 1.41 bits per heavy atom. The van der Waals surface area contributed by atoms with E-state index in [-0.39, 0.29) is 17.9 Å². The molecule has 0 fully saturated rings. The molecule has 22 heavy (non-hydrogen) atoms. The van der Waals surface area contributed by atoms with Gasteiger partial charge in [0, 0.05) is 5.56 Å². The monoisotopic (exact) mass is 305 g/mol. The summed E-state index contributed by atoms with van der Waals surface area (Å²) in [5, 5.41) is 10.7. The van der Waals surface area contributed by atoms with E-state index in [1.807, 2.05) is 0 Å². The predicted molar refractivity (Wildman–Crippen MR) is 77.7 cm³/mol. The molecule has 1 amide bonds. The van der Waals surface area contributed by atoms with E-state index >= 15 is 0 Å². The van der Waals surface area contributed by atoms with Crippen molar-refractivity contribution >= 4 is 17.9 Å². The van der Waals surface area contributed by atoms with Gasteiger partial charge in [-0.1, -0.05) is 5.16 Å². The van der Waals surface area contributed by atoms with Crippen LogP contribution in [0.3, 0.4) is 0 Å². The van der Waals surface area contributed by atoms with Crippen molar-refractivity contribution in [3.63, 3.8) is 0 Å². The lowest BCUT2D eigenvalue weighted by molar-refractivity contribution is -0.120. The van der Waals surface area contributed by atoms with Gasteiger partial charge in [-0.25, -0.2) is 10.1 Å². The van der Waals surface area contributed by atoms with E-state index in [0.717, 1.165) is 0 Å². The SMILES string of the molecule is COc1ccc(OC)c(C=NNC(=O)Cc2nonc2N)c1. The summed E-state index contributed by atoms with van der Waals surface area (Å²) < 4.78 is 14.7. The van der Waals surface area contributed by atoms with Gasteiger partial charge in [-0.05, 0) is 23.4 Å². The van der Waals surface area contributed by atoms with Crippen LogP contribution < -0.4 is 20.6 Å². The second-order valence-corrected chi connectivity index (χ2v) is 4.17. The summed E-state index contributed by atoms with van der Waals surface area (Å²) in [6.07, 6.45) is 1.37. The average Bonchev–Trinajstić information content (AvgIpc) is 2.92. The van der Waals surface area contributed by atoms with E-state index in [2.05, 4.69) is 25.5 Å². The molecule has 2 rings (SSSR count). The molecule has 9 heteroatoms. The van der Waals surface area contributed by atoms with Crippen LogP contribution in [0.25, 0.3) is 0 Å². The Kier molecular flexibility index (Phi) is 4.91. The van der Waals surface area contributed by atoms with Crippen molar-refractivity contribution in [2.75, 3.05) is 20.0 Å². The fraction of sp³-hybridized carbons (Fsp3) is 0.231. The average molecular weight is 305 g/mol. The highest BCUT2D eigenvalue weighted by Crippen LogP contribution is 2.22. The Morgan fingerprint density at radius 3 is 2.86 bits per heavy atom. The number of anilines is 1. The van der Waals surface area contributed by atoms with Crippen LogP contribution in [0.15, 0.2) is 27.9 Å². The number of hydrogen-bond donors (Lipinski definition) is 2. The lowest BCUT2D eigenvalue weighted by Gasteiger charge is -2.06. The number of methoxy groups -OCH3 is 2. The summed E-state index contributed by atoms with van der Waals surface area (Å²) in [7, 11) is 3.10. The molecule has 116 valence electrons. The Bertz CT molecular complexity index is 683. The first-order valence-electron chi connectivity index (χ1n) is 6.25. The van der Waals surface area contributed by atoms with Gasteiger partial charge in [0.15, 0.2) is 5.82 Å². The third kappa shape index (κ3) is 3.72. The maximum atomic E-state index is 11.7. The molecule has 0 atom stereocenters. The second kappa shape index (κ2) is 7.07. The first-order chi connectivity index (χ1) is 10.6. The molecule has 1 heterocycles. The molecule has 0 aliphatic heterocycles. The van der Waals surface area contributed by atoms with E-state index in [0.29, 0.717) is 17.1 Å². The zero-order valence-electron chi connectivity index (χ0n) is 12.1. The van der Waals surface area contributed by atoms with Crippen molar-refractivity contribution in [1.29, 1.82) is 0 Å². The third-order valence-corrected chi connectivity index (χ3v) is 2.74. The van der Waals surface area contributed by atoms with E-state index in [9.17, 15) is 4.79 Å². The molecular formula is C13H15N5O4. The number of nitrogens with one attached hydrogen (secondary N) is 1. The molecule has 1 aromatic heterocycles. The second-order valence-electron chi connectivity index (χ2n) is 4.17. The first kappa shape index (κ1) is 15.3. The quantitative estimate of drug-likeness (QED) is 0.583.